The molecule has 3 N–H and O–H groups in total. The van der Waals surface area contributed by atoms with E-state index in [4.69, 9.17) is 17.0 Å². The maximum atomic E-state index is 10.8. The third kappa shape index (κ3) is 5.23. The summed E-state index contributed by atoms with van der Waals surface area (Å²) in [6.45, 7) is 5.62. The number of thiophene rings is 1. The number of hydrogen-bond donors (Lipinski definition) is 3. The monoisotopic (exact) mass is 407 g/mol. The van der Waals surface area contributed by atoms with Crippen LogP contribution in [0.15, 0.2) is 41.8 Å². The van der Waals surface area contributed by atoms with Crippen LogP contribution in [0.4, 0.5) is 11.4 Å². The van der Waals surface area contributed by atoms with Crippen molar-refractivity contribution in [1.82, 2.24) is 5.32 Å². The van der Waals surface area contributed by atoms with Crippen LogP contribution in [0.3, 0.4) is 0 Å². The molecule has 1 fully saturated rings. The van der Waals surface area contributed by atoms with Crippen LogP contribution in [0.5, 0.6) is 0 Å². The van der Waals surface area contributed by atoms with E-state index in [1.54, 1.807) is 23.5 Å². The molecule has 1 saturated heterocycles. The zero-order valence-corrected chi connectivity index (χ0v) is 16.6. The molecule has 0 unspecified atom stereocenters. The molecule has 1 aromatic heterocycles. The van der Waals surface area contributed by atoms with Gasteiger partial charge in [-0.15, -0.1) is 11.3 Å². The highest BCUT2D eigenvalue weighted by molar-refractivity contribution is 7.80. The Morgan fingerprint density at radius 2 is 2.00 bits per heavy atom. The predicted molar refractivity (Wildman–Crippen MR) is 110 cm³/mol. The zero-order chi connectivity index (χ0) is 19.2. The van der Waals surface area contributed by atoms with Gasteiger partial charge in [0, 0.05) is 17.8 Å². The number of quaternary nitrogens is 1. The van der Waals surface area contributed by atoms with Gasteiger partial charge in [-0.1, -0.05) is 6.07 Å². The highest BCUT2D eigenvalue weighted by Gasteiger charge is 2.32. The largest absolute Gasteiger partial charge is 0.370 e. The number of hydrogen-bond acceptors (Lipinski definition) is 5. The van der Waals surface area contributed by atoms with Gasteiger partial charge in [-0.25, -0.2) is 0 Å². The number of anilines is 1. The van der Waals surface area contributed by atoms with E-state index in [1.807, 2.05) is 0 Å². The molecule has 0 amide bonds. The maximum Gasteiger partial charge on any atom is 0.269 e. The van der Waals surface area contributed by atoms with Crippen molar-refractivity contribution in [2.24, 2.45) is 0 Å². The van der Waals surface area contributed by atoms with Gasteiger partial charge in [-0.3, -0.25) is 10.1 Å². The summed E-state index contributed by atoms with van der Waals surface area (Å²) in [7, 11) is 0. The smallest absolute Gasteiger partial charge is 0.269 e. The van der Waals surface area contributed by atoms with Crippen molar-refractivity contribution in [3.63, 3.8) is 0 Å². The molecule has 7 nitrogen and oxygen atoms in total. The Bertz CT molecular complexity index is 761. The molecule has 2 heterocycles. The van der Waals surface area contributed by atoms with Gasteiger partial charge in [0.1, 0.15) is 19.1 Å². The van der Waals surface area contributed by atoms with Crippen LogP contribution in [0, 0.1) is 10.1 Å². The number of ether oxygens (including phenoxy) is 1. The molecule has 0 radical (unpaired) electrons. The minimum atomic E-state index is -0.418. The maximum absolute atomic E-state index is 10.8. The fourth-order valence-corrected chi connectivity index (χ4v) is 4.63. The molecule has 1 aliphatic rings. The van der Waals surface area contributed by atoms with Gasteiger partial charge in [0.05, 0.1) is 29.1 Å². The summed E-state index contributed by atoms with van der Waals surface area (Å²) in [6.07, 6.45) is 0. The number of benzene rings is 1. The second kappa shape index (κ2) is 9.23. The van der Waals surface area contributed by atoms with Gasteiger partial charge >= 0.3 is 0 Å². The zero-order valence-electron chi connectivity index (χ0n) is 15.0. The number of rotatable bonds is 6. The van der Waals surface area contributed by atoms with E-state index in [0.717, 1.165) is 32.0 Å². The molecule has 27 heavy (non-hydrogen) atoms. The average Bonchev–Trinajstić information content (AvgIpc) is 3.17. The van der Waals surface area contributed by atoms with Crippen LogP contribution in [0.2, 0.25) is 0 Å². The number of thiocarbonyl (C=S) groups is 1. The Labute approximate surface area is 167 Å². The lowest BCUT2D eigenvalue weighted by Crippen LogP contribution is -3.15. The first-order chi connectivity index (χ1) is 13.0. The van der Waals surface area contributed by atoms with E-state index in [0.29, 0.717) is 5.11 Å². The number of morpholine rings is 1. The highest BCUT2D eigenvalue weighted by Crippen LogP contribution is 2.20. The molecule has 1 aliphatic heterocycles. The molecular formula is C18H23N4O3S2+. The number of nitro groups is 1. The quantitative estimate of drug-likeness (QED) is 0.386. The van der Waals surface area contributed by atoms with Gasteiger partial charge in [0.15, 0.2) is 5.11 Å². The van der Waals surface area contributed by atoms with Crippen molar-refractivity contribution < 1.29 is 14.6 Å². The Hall–Kier alpha value is -2.07. The molecule has 0 spiro atoms. The fraction of sp³-hybridized carbons (Fsp3) is 0.389. The van der Waals surface area contributed by atoms with Crippen molar-refractivity contribution in [3.05, 3.63) is 56.8 Å². The standard InChI is InChI=1S/C18H22N4O3S2/c1-13(17(16-3-2-12-27-16)21-8-10-25-11-9-21)19-18(26)20-14-4-6-15(7-5-14)22(23)24/h2-7,12-13,17H,8-11H2,1H3,(H2,19,20,26)/p+1/t13-,17-/m1/s1. The first-order valence-electron chi connectivity index (χ1n) is 8.82. The van der Waals surface area contributed by atoms with Crippen molar-refractivity contribution in [3.8, 4) is 0 Å². The van der Waals surface area contributed by atoms with Gasteiger partial charge in [-0.05, 0) is 42.7 Å². The highest BCUT2D eigenvalue weighted by atomic mass is 32.1. The lowest BCUT2D eigenvalue weighted by molar-refractivity contribution is -0.939. The minimum Gasteiger partial charge on any atom is -0.370 e. The molecule has 1 aromatic carbocycles. The molecule has 3 rings (SSSR count). The molecule has 144 valence electrons. The third-order valence-electron chi connectivity index (χ3n) is 4.62. The molecule has 2 atom stereocenters. The Balaban J connectivity index is 1.64. The minimum absolute atomic E-state index is 0.0569. The van der Waals surface area contributed by atoms with Gasteiger partial charge in [0.2, 0.25) is 0 Å². The van der Waals surface area contributed by atoms with Crippen LogP contribution >= 0.6 is 23.6 Å². The van der Waals surface area contributed by atoms with Crippen LogP contribution in [-0.2, 0) is 4.74 Å². The van der Waals surface area contributed by atoms with Crippen LogP contribution < -0.4 is 15.5 Å². The second-order valence-corrected chi connectivity index (χ2v) is 7.84. The van der Waals surface area contributed by atoms with Crippen LogP contribution in [0.25, 0.3) is 0 Å². The summed E-state index contributed by atoms with van der Waals surface area (Å²) in [5.74, 6) is 0. The number of non-ortho nitro benzene ring substituents is 1. The molecular weight excluding hydrogens is 384 g/mol. The first kappa shape index (κ1) is 19.7. The summed E-state index contributed by atoms with van der Waals surface area (Å²) in [6, 6.07) is 10.9. The van der Waals surface area contributed by atoms with E-state index in [9.17, 15) is 10.1 Å². The lowest BCUT2D eigenvalue weighted by atomic mass is 10.1. The average molecular weight is 408 g/mol. The molecule has 2 aromatic rings. The molecule has 0 bridgehead atoms. The van der Waals surface area contributed by atoms with Crippen molar-refractivity contribution >= 4 is 40.0 Å². The number of nitro benzene ring substituents is 1. The molecule has 0 saturated carbocycles. The van der Waals surface area contributed by atoms with E-state index < -0.39 is 4.92 Å². The van der Waals surface area contributed by atoms with E-state index in [1.165, 1.54) is 21.9 Å². The predicted octanol–water partition coefficient (Wildman–Crippen LogP) is 1.99. The third-order valence-corrected chi connectivity index (χ3v) is 5.79. The van der Waals surface area contributed by atoms with Gasteiger partial charge in [-0.2, -0.15) is 0 Å². The molecule has 0 aliphatic carbocycles. The first-order valence-corrected chi connectivity index (χ1v) is 10.1. The van der Waals surface area contributed by atoms with Crippen LogP contribution in [-0.4, -0.2) is 42.4 Å². The number of nitrogens with zero attached hydrogens (tertiary/aromatic N) is 1. The summed E-state index contributed by atoms with van der Waals surface area (Å²) in [5.41, 5.74) is 0.776. The lowest BCUT2D eigenvalue weighted by Gasteiger charge is -2.35. The Kier molecular flexibility index (Phi) is 6.73. The Morgan fingerprint density at radius 1 is 1.30 bits per heavy atom. The summed E-state index contributed by atoms with van der Waals surface area (Å²) >= 11 is 7.22. The van der Waals surface area contributed by atoms with E-state index in [-0.39, 0.29) is 17.8 Å². The fourth-order valence-electron chi connectivity index (χ4n) is 3.34. The Morgan fingerprint density at radius 3 is 2.59 bits per heavy atom. The van der Waals surface area contributed by atoms with Crippen molar-refractivity contribution in [2.45, 2.75) is 19.0 Å². The SMILES string of the molecule is C[C@@H](NC(=S)Nc1ccc([N+](=O)[O-])cc1)[C@H](c1cccs1)[NH+]1CCOCC1. The topological polar surface area (TPSA) is 80.9 Å². The van der Waals surface area contributed by atoms with Crippen molar-refractivity contribution in [2.75, 3.05) is 31.6 Å². The van der Waals surface area contributed by atoms with E-state index in [2.05, 4.69) is 35.1 Å². The van der Waals surface area contributed by atoms with Gasteiger partial charge in [0.25, 0.3) is 5.69 Å². The van der Waals surface area contributed by atoms with Crippen LogP contribution in [0.1, 0.15) is 17.8 Å². The van der Waals surface area contributed by atoms with Gasteiger partial charge < -0.3 is 20.3 Å². The van der Waals surface area contributed by atoms with Crippen molar-refractivity contribution in [1.29, 1.82) is 0 Å². The normalized spacial score (nSPS) is 17.1. The number of nitrogens with one attached hydrogen (secondary N) is 3. The summed E-state index contributed by atoms with van der Waals surface area (Å²) in [5, 5.41) is 19.9. The molecule has 9 heteroatoms. The summed E-state index contributed by atoms with van der Waals surface area (Å²) in [4.78, 5) is 13.1. The summed E-state index contributed by atoms with van der Waals surface area (Å²) < 4.78 is 5.51. The van der Waals surface area contributed by atoms with E-state index >= 15 is 0 Å². The second-order valence-electron chi connectivity index (χ2n) is 6.45.